The van der Waals surface area contributed by atoms with Gasteiger partial charge < -0.3 is 20.1 Å². The molecule has 410 valence electrons. The molecule has 72 heavy (non-hydrogen) atoms. The van der Waals surface area contributed by atoms with Gasteiger partial charge in [-0.05, 0) is 264 Å². The topological polar surface area (TPSA) is 87.0 Å². The fraction of sp³-hybridized carbons (Fsp3) is 0.896. The number of benzene rings is 1. The molecule has 0 aliphatic heterocycles. The van der Waals surface area contributed by atoms with Crippen LogP contribution >= 0.6 is 0 Å². The van der Waals surface area contributed by atoms with Crippen LogP contribution in [0.1, 0.15) is 261 Å². The Balaban J connectivity index is 0.000000197. The van der Waals surface area contributed by atoms with Crippen LogP contribution in [-0.2, 0) is 4.74 Å². The van der Waals surface area contributed by atoms with Crippen molar-refractivity contribution >= 4 is 5.97 Å². The van der Waals surface area contributed by atoms with E-state index in [2.05, 4.69) is 96.9 Å². The van der Waals surface area contributed by atoms with Gasteiger partial charge in [0, 0.05) is 0 Å². The molecule has 0 heterocycles. The number of carbonyl (C=O) groups excluding carboxylic acids is 1. The van der Waals surface area contributed by atoms with Gasteiger partial charge in [-0.25, -0.2) is 4.79 Å². The van der Waals surface area contributed by atoms with Crippen LogP contribution in [0.3, 0.4) is 0 Å². The summed E-state index contributed by atoms with van der Waals surface area (Å²) in [4.78, 5) is 12.8. The van der Waals surface area contributed by atoms with Crippen LogP contribution in [0.25, 0.3) is 0 Å². The Morgan fingerprint density at radius 2 is 0.972 bits per heavy atom. The first-order valence-corrected chi connectivity index (χ1v) is 30.9. The number of fused-ring (bicyclic) bond motifs is 10. The molecule has 3 N–H and O–H groups in total. The highest BCUT2D eigenvalue weighted by atomic mass is 16.5. The Morgan fingerprint density at radius 3 is 1.40 bits per heavy atom. The molecule has 8 saturated carbocycles. The van der Waals surface area contributed by atoms with E-state index < -0.39 is 11.2 Å². The van der Waals surface area contributed by atoms with E-state index in [1.54, 1.807) is 0 Å². The third kappa shape index (κ3) is 11.3. The quantitative estimate of drug-likeness (QED) is 0.182. The molecule has 0 spiro atoms. The predicted molar refractivity (Wildman–Crippen MR) is 298 cm³/mol. The maximum Gasteiger partial charge on any atom is 0.338 e. The summed E-state index contributed by atoms with van der Waals surface area (Å²) in [7, 11) is 0. The van der Waals surface area contributed by atoms with Crippen LogP contribution in [0.15, 0.2) is 30.3 Å². The van der Waals surface area contributed by atoms with E-state index >= 15 is 0 Å². The highest BCUT2D eigenvalue weighted by Gasteiger charge is 2.63. The Morgan fingerprint density at radius 1 is 0.542 bits per heavy atom. The minimum absolute atomic E-state index is 0.00753. The Kier molecular flexibility index (Phi) is 16.6. The molecular weight excluding hydrogens is 885 g/mol. The van der Waals surface area contributed by atoms with Crippen LogP contribution < -0.4 is 0 Å². The molecule has 8 aliphatic carbocycles. The molecule has 0 unspecified atom stereocenters. The van der Waals surface area contributed by atoms with Crippen LogP contribution in [0.4, 0.5) is 0 Å². The van der Waals surface area contributed by atoms with Crippen LogP contribution in [0.5, 0.6) is 0 Å². The second-order valence-corrected chi connectivity index (χ2v) is 31.5. The monoisotopic (exact) mass is 997 g/mol. The molecule has 9 rings (SSSR count). The van der Waals surface area contributed by atoms with Crippen LogP contribution in [0.2, 0.25) is 0 Å². The smallest absolute Gasteiger partial charge is 0.338 e. The lowest BCUT2D eigenvalue weighted by atomic mass is 9.43. The number of esters is 1. The fourth-order valence-electron chi connectivity index (χ4n) is 20.3. The van der Waals surface area contributed by atoms with E-state index in [1.807, 2.05) is 30.3 Å². The van der Waals surface area contributed by atoms with Crippen molar-refractivity contribution in [3.05, 3.63) is 35.9 Å². The number of aliphatic hydroxyl groups is 3. The summed E-state index contributed by atoms with van der Waals surface area (Å²) < 4.78 is 6.08. The molecule has 8 aliphatic rings. The third-order valence-electron chi connectivity index (χ3n) is 24.9. The van der Waals surface area contributed by atoms with Gasteiger partial charge in [0.2, 0.25) is 0 Å². The maximum absolute atomic E-state index is 12.8. The first-order valence-electron chi connectivity index (χ1n) is 30.9. The van der Waals surface area contributed by atoms with Gasteiger partial charge in [0.15, 0.2) is 0 Å². The van der Waals surface area contributed by atoms with E-state index in [4.69, 9.17) is 4.74 Å². The highest BCUT2D eigenvalue weighted by Crippen LogP contribution is 2.71. The van der Waals surface area contributed by atoms with Crippen molar-refractivity contribution in [1.82, 2.24) is 0 Å². The minimum Gasteiger partial charge on any atom is -0.458 e. The Labute approximate surface area is 442 Å². The van der Waals surface area contributed by atoms with Gasteiger partial charge in [-0.2, -0.15) is 0 Å². The summed E-state index contributed by atoms with van der Waals surface area (Å²) in [6.45, 7) is 32.8. The maximum atomic E-state index is 12.8. The average molecular weight is 998 g/mol. The number of rotatable bonds is 12. The lowest BCUT2D eigenvalue weighted by Crippen LogP contribution is -2.55. The highest BCUT2D eigenvalue weighted by molar-refractivity contribution is 5.89. The van der Waals surface area contributed by atoms with Gasteiger partial charge in [-0.15, -0.1) is 0 Å². The van der Waals surface area contributed by atoms with Crippen molar-refractivity contribution < 1.29 is 24.9 Å². The standard InChI is InChI=1S/C37H58O3.C30H54O2/c1-25(12-11-15-32(34(2,3)4)40-33(38)26-13-9-8-10-14-26)29-18-19-30-28-17-16-27-24-35(5,39)22-23-36(27,6)31(28)20-21-37(29,30)7;1-20(9-8-10-26(31)27(2,3)4)23-13-14-24-22-12-11-21-19-28(5,32)17-18-29(21,6)25(22)15-16-30(23,24)7/h8-10,13-14,25,27-32,39H,11-12,15-24H2,1-7H3;20-26,31-32H,8-19H2,1-7H3/t25-,27+,28+,29-,30+,31+,32+,35+,36+,37-;20-,21+,22+,23-,24+,25+,26+,28+,29+,30-/m11/s1. The van der Waals surface area contributed by atoms with Crippen molar-refractivity contribution in [1.29, 1.82) is 0 Å². The molecule has 5 nitrogen and oxygen atoms in total. The first kappa shape index (κ1) is 56.8. The Hall–Kier alpha value is -1.43. The lowest BCUT2D eigenvalue weighted by Gasteiger charge is -2.62. The van der Waals surface area contributed by atoms with Crippen molar-refractivity contribution in [2.45, 2.75) is 274 Å². The van der Waals surface area contributed by atoms with Crippen LogP contribution in [0, 0.1) is 104 Å². The number of carbonyl (C=O) groups is 1. The number of hydrogen-bond acceptors (Lipinski definition) is 5. The van der Waals surface area contributed by atoms with Crippen LogP contribution in [-0.4, -0.2) is 44.7 Å². The average Bonchev–Trinajstić information content (AvgIpc) is 3.85. The molecule has 1 aromatic carbocycles. The van der Waals surface area contributed by atoms with Crippen molar-refractivity contribution in [2.24, 2.45) is 104 Å². The predicted octanol–water partition coefficient (Wildman–Crippen LogP) is 17.1. The summed E-state index contributed by atoms with van der Waals surface area (Å²) in [5.41, 5.74) is 1.64. The van der Waals surface area contributed by atoms with Gasteiger partial charge >= 0.3 is 5.97 Å². The summed E-state index contributed by atoms with van der Waals surface area (Å²) >= 11 is 0. The summed E-state index contributed by atoms with van der Waals surface area (Å²) in [6, 6.07) is 9.44. The summed E-state index contributed by atoms with van der Waals surface area (Å²) in [5, 5.41) is 32.0. The minimum atomic E-state index is -0.444. The lowest BCUT2D eigenvalue weighted by molar-refractivity contribution is -0.148. The Bertz CT molecular complexity index is 1960. The van der Waals surface area contributed by atoms with Crippen molar-refractivity contribution in [3.63, 3.8) is 0 Å². The van der Waals surface area contributed by atoms with Crippen molar-refractivity contribution in [2.75, 3.05) is 0 Å². The molecule has 1 aromatic rings. The largest absolute Gasteiger partial charge is 0.458 e. The second-order valence-electron chi connectivity index (χ2n) is 31.5. The van der Waals surface area contributed by atoms with Gasteiger partial charge in [0.25, 0.3) is 0 Å². The SMILES string of the molecule is C[C@H](CCC[C@H](O)C(C)(C)C)[C@H]1CC[C@H]2[C@@H]3CC[C@H]4C[C@@](C)(O)CC[C@]4(C)[C@H]3CC[C@]12C.C[C@H](CCC[C@H](OC(=O)c1ccccc1)C(C)(C)C)[C@H]1CC[C@H]2[C@@H]3CC[C@H]4C[C@@](C)(O)CC[C@]4(C)[C@H]3CC[C@]12C. The van der Waals surface area contributed by atoms with E-state index in [9.17, 15) is 20.1 Å². The normalized spacial score (nSPS) is 44.2. The molecule has 5 heteroatoms. The molecule has 20 atom stereocenters. The van der Waals surface area contributed by atoms with E-state index in [-0.39, 0.29) is 29.0 Å². The molecule has 0 radical (unpaired) electrons. The van der Waals surface area contributed by atoms with Gasteiger partial charge in [-0.3, -0.25) is 0 Å². The zero-order chi connectivity index (χ0) is 52.5. The number of ether oxygens (including phenoxy) is 1. The van der Waals surface area contributed by atoms with E-state index in [0.29, 0.717) is 39.1 Å². The summed E-state index contributed by atoms with van der Waals surface area (Å²) in [5.74, 6) is 9.83. The van der Waals surface area contributed by atoms with Gasteiger partial charge in [-0.1, -0.05) is 121 Å². The fourth-order valence-corrected chi connectivity index (χ4v) is 20.3. The van der Waals surface area contributed by atoms with E-state index in [1.165, 1.54) is 109 Å². The zero-order valence-electron chi connectivity index (χ0n) is 49.1. The number of aliphatic hydroxyl groups excluding tert-OH is 1. The molecule has 0 aromatic heterocycles. The first-order chi connectivity index (χ1) is 33.5. The molecule has 0 saturated heterocycles. The third-order valence-corrected chi connectivity index (χ3v) is 24.9. The van der Waals surface area contributed by atoms with E-state index in [0.717, 1.165) is 104 Å². The molecule has 0 amide bonds. The van der Waals surface area contributed by atoms with Gasteiger partial charge in [0.1, 0.15) is 6.10 Å². The zero-order valence-corrected chi connectivity index (χ0v) is 49.1. The number of hydrogen-bond donors (Lipinski definition) is 3. The van der Waals surface area contributed by atoms with Gasteiger partial charge in [0.05, 0.1) is 22.9 Å². The summed E-state index contributed by atoms with van der Waals surface area (Å²) in [6.07, 6.45) is 29.8. The molecular formula is C67H112O5. The molecule has 8 fully saturated rings. The second kappa shape index (κ2) is 21.1. The molecule has 0 bridgehead atoms. The van der Waals surface area contributed by atoms with Crippen molar-refractivity contribution in [3.8, 4) is 0 Å².